The summed E-state index contributed by atoms with van der Waals surface area (Å²) in [4.78, 5) is 39.2. The number of rotatable bonds is 7. The fraction of sp³-hybridized carbons (Fsp3) is 0.179. The van der Waals surface area contributed by atoms with Crippen LogP contribution in [0.1, 0.15) is 29.2 Å². The summed E-state index contributed by atoms with van der Waals surface area (Å²) in [5, 5.41) is 2.25. The maximum absolute atomic E-state index is 13.2. The SMILES string of the molecule is CCOc1cc(/C=C2\C(=O)NC(=O)N(c3ccc(C)cc3)C2=O)cc(I)c1OCc1ccc(C)cc1. The summed E-state index contributed by atoms with van der Waals surface area (Å²) in [5.41, 5.74) is 3.98. The highest BCUT2D eigenvalue weighted by Gasteiger charge is 2.36. The monoisotopic (exact) mass is 596 g/mol. The van der Waals surface area contributed by atoms with Gasteiger partial charge in [0.05, 0.1) is 15.9 Å². The van der Waals surface area contributed by atoms with Crippen molar-refractivity contribution < 1.29 is 23.9 Å². The van der Waals surface area contributed by atoms with Crippen molar-refractivity contribution in [1.82, 2.24) is 5.32 Å². The Kier molecular flexibility index (Phi) is 7.73. The number of amides is 4. The summed E-state index contributed by atoms with van der Waals surface area (Å²) in [6, 6.07) is 17.7. The molecular formula is C28H25IN2O5. The zero-order chi connectivity index (χ0) is 25.8. The van der Waals surface area contributed by atoms with E-state index in [0.717, 1.165) is 19.6 Å². The second kappa shape index (κ2) is 10.9. The van der Waals surface area contributed by atoms with Crippen LogP contribution in [0.2, 0.25) is 0 Å². The first-order chi connectivity index (χ1) is 17.3. The number of imide groups is 2. The number of carbonyl (C=O) groups excluding carboxylic acids is 3. The van der Waals surface area contributed by atoms with E-state index < -0.39 is 17.8 Å². The van der Waals surface area contributed by atoms with Crippen LogP contribution in [-0.2, 0) is 16.2 Å². The van der Waals surface area contributed by atoms with E-state index in [4.69, 9.17) is 9.47 Å². The van der Waals surface area contributed by atoms with Gasteiger partial charge in [-0.15, -0.1) is 0 Å². The molecule has 1 aliphatic heterocycles. The number of barbiturate groups is 1. The third kappa shape index (κ3) is 5.59. The Balaban J connectivity index is 1.65. The van der Waals surface area contributed by atoms with E-state index in [1.54, 1.807) is 36.4 Å². The van der Waals surface area contributed by atoms with Crippen LogP contribution in [0, 0.1) is 17.4 Å². The molecule has 36 heavy (non-hydrogen) atoms. The van der Waals surface area contributed by atoms with Gasteiger partial charge in [0.2, 0.25) is 0 Å². The molecule has 1 N–H and O–H groups in total. The fourth-order valence-electron chi connectivity index (χ4n) is 3.67. The van der Waals surface area contributed by atoms with Crippen molar-refractivity contribution in [2.45, 2.75) is 27.4 Å². The molecule has 8 heteroatoms. The number of hydrogen-bond donors (Lipinski definition) is 1. The molecule has 0 saturated carbocycles. The number of carbonyl (C=O) groups is 3. The second-order valence-corrected chi connectivity index (χ2v) is 9.49. The van der Waals surface area contributed by atoms with Crippen molar-refractivity contribution in [3.63, 3.8) is 0 Å². The summed E-state index contributed by atoms with van der Waals surface area (Å²) in [6.45, 7) is 6.58. The minimum atomic E-state index is -0.782. The number of anilines is 1. The summed E-state index contributed by atoms with van der Waals surface area (Å²) in [7, 11) is 0. The van der Waals surface area contributed by atoms with E-state index in [9.17, 15) is 14.4 Å². The average Bonchev–Trinajstić information content (AvgIpc) is 2.83. The average molecular weight is 596 g/mol. The molecule has 1 aliphatic rings. The van der Waals surface area contributed by atoms with E-state index in [1.807, 2.05) is 45.0 Å². The van der Waals surface area contributed by atoms with Crippen molar-refractivity contribution >= 4 is 52.2 Å². The largest absolute Gasteiger partial charge is 0.490 e. The molecule has 0 radical (unpaired) electrons. The van der Waals surface area contributed by atoms with Gasteiger partial charge in [0, 0.05) is 0 Å². The zero-order valence-corrected chi connectivity index (χ0v) is 22.3. The van der Waals surface area contributed by atoms with Gasteiger partial charge in [-0.25, -0.2) is 9.69 Å². The highest BCUT2D eigenvalue weighted by Crippen LogP contribution is 2.36. The van der Waals surface area contributed by atoms with Crippen molar-refractivity contribution in [3.05, 3.63) is 92.1 Å². The van der Waals surface area contributed by atoms with E-state index in [2.05, 4.69) is 27.9 Å². The van der Waals surface area contributed by atoms with Gasteiger partial charge in [-0.1, -0.05) is 47.5 Å². The fourth-order valence-corrected chi connectivity index (χ4v) is 4.45. The predicted octanol–water partition coefficient (Wildman–Crippen LogP) is 5.55. The summed E-state index contributed by atoms with van der Waals surface area (Å²) in [6.07, 6.45) is 1.46. The molecule has 4 rings (SSSR count). The lowest BCUT2D eigenvalue weighted by Gasteiger charge is -2.26. The van der Waals surface area contributed by atoms with Crippen LogP contribution >= 0.6 is 22.6 Å². The van der Waals surface area contributed by atoms with Crippen LogP contribution in [0.5, 0.6) is 11.5 Å². The van der Waals surface area contributed by atoms with E-state index in [0.29, 0.717) is 36.0 Å². The van der Waals surface area contributed by atoms with Crippen LogP contribution in [0.25, 0.3) is 6.08 Å². The Morgan fingerprint density at radius 1 is 0.917 bits per heavy atom. The van der Waals surface area contributed by atoms with Gasteiger partial charge < -0.3 is 9.47 Å². The number of nitrogens with zero attached hydrogens (tertiary/aromatic N) is 1. The van der Waals surface area contributed by atoms with Crippen LogP contribution in [0.4, 0.5) is 10.5 Å². The molecule has 1 heterocycles. The third-order valence-corrected chi connectivity index (χ3v) is 6.34. The van der Waals surface area contributed by atoms with Crippen LogP contribution in [0.3, 0.4) is 0 Å². The second-order valence-electron chi connectivity index (χ2n) is 8.33. The Bertz CT molecular complexity index is 1350. The predicted molar refractivity (Wildman–Crippen MR) is 146 cm³/mol. The molecule has 184 valence electrons. The van der Waals surface area contributed by atoms with Crippen molar-refractivity contribution in [1.29, 1.82) is 0 Å². The molecule has 0 spiro atoms. The Hall–Kier alpha value is -3.66. The molecule has 3 aromatic rings. The molecule has 7 nitrogen and oxygen atoms in total. The minimum Gasteiger partial charge on any atom is -0.490 e. The smallest absolute Gasteiger partial charge is 0.335 e. The maximum Gasteiger partial charge on any atom is 0.335 e. The number of benzene rings is 3. The van der Waals surface area contributed by atoms with Crippen molar-refractivity contribution in [2.24, 2.45) is 0 Å². The quantitative estimate of drug-likeness (QED) is 0.220. The number of ether oxygens (including phenoxy) is 2. The van der Waals surface area contributed by atoms with Gasteiger partial charge >= 0.3 is 6.03 Å². The van der Waals surface area contributed by atoms with Crippen LogP contribution in [0.15, 0.2) is 66.2 Å². The maximum atomic E-state index is 13.2. The number of nitrogens with one attached hydrogen (secondary N) is 1. The Labute approximate surface area is 223 Å². The molecule has 0 aliphatic carbocycles. The molecule has 4 amide bonds. The summed E-state index contributed by atoms with van der Waals surface area (Å²) >= 11 is 2.14. The van der Waals surface area contributed by atoms with E-state index in [1.165, 1.54) is 11.6 Å². The van der Waals surface area contributed by atoms with Gasteiger partial charge in [0.25, 0.3) is 11.8 Å². The lowest BCUT2D eigenvalue weighted by Crippen LogP contribution is -2.54. The zero-order valence-electron chi connectivity index (χ0n) is 20.1. The molecule has 0 unspecified atom stereocenters. The summed E-state index contributed by atoms with van der Waals surface area (Å²) in [5.74, 6) is -0.365. The van der Waals surface area contributed by atoms with Crippen molar-refractivity contribution in [3.8, 4) is 11.5 Å². The standard InChI is InChI=1S/C28H25IN2O5/c1-4-35-24-15-20(14-23(29)25(24)36-16-19-9-5-17(2)6-10-19)13-22-26(32)30-28(34)31(27(22)33)21-11-7-18(3)8-12-21/h5-15H,4,16H2,1-3H3,(H,30,32,34)/b22-13+. The van der Waals surface area contributed by atoms with E-state index in [-0.39, 0.29) is 5.57 Å². The number of aryl methyl sites for hydroxylation is 2. The lowest BCUT2D eigenvalue weighted by atomic mass is 10.1. The molecule has 0 aromatic heterocycles. The molecular weight excluding hydrogens is 571 g/mol. The molecule has 0 atom stereocenters. The van der Waals surface area contributed by atoms with Gasteiger partial charge in [0.1, 0.15) is 12.2 Å². The number of halogens is 1. The van der Waals surface area contributed by atoms with E-state index >= 15 is 0 Å². The molecule has 3 aromatic carbocycles. The van der Waals surface area contributed by atoms with Gasteiger partial charge in [-0.3, -0.25) is 14.9 Å². The highest BCUT2D eigenvalue weighted by molar-refractivity contribution is 14.1. The first-order valence-corrected chi connectivity index (χ1v) is 12.5. The third-order valence-electron chi connectivity index (χ3n) is 5.54. The van der Waals surface area contributed by atoms with Crippen molar-refractivity contribution in [2.75, 3.05) is 11.5 Å². The normalized spacial score (nSPS) is 14.7. The lowest BCUT2D eigenvalue weighted by molar-refractivity contribution is -0.122. The minimum absolute atomic E-state index is 0.151. The Morgan fingerprint density at radius 2 is 1.56 bits per heavy atom. The molecule has 0 bridgehead atoms. The number of urea groups is 1. The van der Waals surface area contributed by atoms with Crippen LogP contribution in [-0.4, -0.2) is 24.5 Å². The summed E-state index contributed by atoms with van der Waals surface area (Å²) < 4.78 is 12.7. The number of hydrogen-bond acceptors (Lipinski definition) is 5. The first-order valence-electron chi connectivity index (χ1n) is 11.4. The molecule has 1 fully saturated rings. The topological polar surface area (TPSA) is 84.9 Å². The molecule has 1 saturated heterocycles. The van der Waals surface area contributed by atoms with Gasteiger partial charge in [0.15, 0.2) is 11.5 Å². The van der Waals surface area contributed by atoms with Crippen LogP contribution < -0.4 is 19.7 Å². The van der Waals surface area contributed by atoms with Gasteiger partial charge in [-0.05, 0) is 84.8 Å². The highest BCUT2D eigenvalue weighted by atomic mass is 127. The Morgan fingerprint density at radius 3 is 2.19 bits per heavy atom. The van der Waals surface area contributed by atoms with Gasteiger partial charge in [-0.2, -0.15) is 0 Å². The first kappa shape index (κ1) is 25.4.